The van der Waals surface area contributed by atoms with Gasteiger partial charge in [-0.05, 0) is 60.8 Å². The summed E-state index contributed by atoms with van der Waals surface area (Å²) in [5.41, 5.74) is 0. The van der Waals surface area contributed by atoms with Crippen molar-refractivity contribution in [2.75, 3.05) is 26.2 Å². The monoisotopic (exact) mass is 380 g/mol. The van der Waals surface area contributed by atoms with Crippen molar-refractivity contribution >= 4 is 37.3 Å². The summed E-state index contributed by atoms with van der Waals surface area (Å²) in [5.74, 6) is 0.417. The van der Waals surface area contributed by atoms with Crippen molar-refractivity contribution in [2.24, 2.45) is 5.92 Å². The molecule has 1 aromatic heterocycles. The maximum Gasteiger partial charge on any atom is 0.244 e. The highest BCUT2D eigenvalue weighted by atomic mass is 79.9. The van der Waals surface area contributed by atoms with E-state index in [1.54, 1.807) is 10.4 Å². The summed E-state index contributed by atoms with van der Waals surface area (Å²) in [7, 11) is -3.34. The number of thiophene rings is 1. The van der Waals surface area contributed by atoms with Gasteiger partial charge < -0.3 is 5.32 Å². The maximum atomic E-state index is 12.7. The second-order valence-electron chi connectivity index (χ2n) is 5.15. The van der Waals surface area contributed by atoms with Gasteiger partial charge >= 0.3 is 0 Å². The number of halogens is 1. The maximum absolute atomic E-state index is 12.7. The molecule has 7 heteroatoms. The summed E-state index contributed by atoms with van der Waals surface area (Å²) < 4.78 is 28.0. The SMILES string of the molecule is CCNCC1CCCN(S(=O)(=O)c2cc(Br)sc2C)C1. The van der Waals surface area contributed by atoms with Crippen molar-refractivity contribution in [2.45, 2.75) is 31.6 Å². The molecule has 1 aliphatic heterocycles. The van der Waals surface area contributed by atoms with E-state index in [1.807, 2.05) is 6.92 Å². The van der Waals surface area contributed by atoms with E-state index in [4.69, 9.17) is 0 Å². The van der Waals surface area contributed by atoms with Gasteiger partial charge in [-0.3, -0.25) is 0 Å². The van der Waals surface area contributed by atoms with E-state index in [0.29, 0.717) is 23.9 Å². The molecule has 0 amide bonds. The Hall–Kier alpha value is 0.0500. The van der Waals surface area contributed by atoms with Gasteiger partial charge in [0.25, 0.3) is 0 Å². The molecular weight excluding hydrogens is 360 g/mol. The molecular formula is C13H21BrN2O2S2. The molecule has 0 saturated carbocycles. The molecule has 1 fully saturated rings. The van der Waals surface area contributed by atoms with Gasteiger partial charge in [0.05, 0.1) is 8.68 Å². The lowest BCUT2D eigenvalue weighted by atomic mass is 10.00. The van der Waals surface area contributed by atoms with E-state index in [1.165, 1.54) is 11.3 Å². The van der Waals surface area contributed by atoms with Gasteiger partial charge in [0.15, 0.2) is 0 Å². The third-order valence-corrected chi connectivity index (χ3v) is 7.30. The minimum Gasteiger partial charge on any atom is -0.317 e. The Kier molecular flexibility index (Phi) is 5.64. The van der Waals surface area contributed by atoms with Crippen LogP contribution in [0.4, 0.5) is 0 Å². The van der Waals surface area contributed by atoms with E-state index >= 15 is 0 Å². The molecule has 1 aromatic rings. The third kappa shape index (κ3) is 3.62. The van der Waals surface area contributed by atoms with Crippen LogP contribution < -0.4 is 5.32 Å². The zero-order valence-corrected chi connectivity index (χ0v) is 15.1. The van der Waals surface area contributed by atoms with E-state index in [9.17, 15) is 8.42 Å². The summed E-state index contributed by atoms with van der Waals surface area (Å²) in [6.07, 6.45) is 2.05. The number of sulfonamides is 1. The van der Waals surface area contributed by atoms with E-state index in [0.717, 1.165) is 34.6 Å². The molecule has 2 heterocycles. The molecule has 20 heavy (non-hydrogen) atoms. The van der Waals surface area contributed by atoms with E-state index in [2.05, 4.69) is 28.2 Å². The van der Waals surface area contributed by atoms with Crippen molar-refractivity contribution in [1.82, 2.24) is 9.62 Å². The van der Waals surface area contributed by atoms with E-state index < -0.39 is 10.0 Å². The lowest BCUT2D eigenvalue weighted by Gasteiger charge is -2.32. The highest BCUT2D eigenvalue weighted by Gasteiger charge is 2.31. The van der Waals surface area contributed by atoms with Gasteiger partial charge in [-0.2, -0.15) is 4.31 Å². The number of rotatable bonds is 5. The van der Waals surface area contributed by atoms with Gasteiger partial charge in [0, 0.05) is 18.0 Å². The normalized spacial score (nSPS) is 21.2. The van der Waals surface area contributed by atoms with Crippen LogP contribution in [0.1, 0.15) is 24.6 Å². The van der Waals surface area contributed by atoms with Crippen LogP contribution in [0.5, 0.6) is 0 Å². The van der Waals surface area contributed by atoms with Crippen molar-refractivity contribution in [1.29, 1.82) is 0 Å². The summed E-state index contributed by atoms with van der Waals surface area (Å²) in [6, 6.07) is 1.73. The number of nitrogens with zero attached hydrogens (tertiary/aromatic N) is 1. The van der Waals surface area contributed by atoms with E-state index in [-0.39, 0.29) is 0 Å². The fraction of sp³-hybridized carbons (Fsp3) is 0.692. The van der Waals surface area contributed by atoms with Crippen LogP contribution in [0.15, 0.2) is 14.7 Å². The van der Waals surface area contributed by atoms with Gasteiger partial charge in [0.2, 0.25) is 10.0 Å². The Balaban J connectivity index is 2.15. The Bertz CT molecular complexity index is 557. The summed E-state index contributed by atoms with van der Waals surface area (Å²) >= 11 is 4.84. The fourth-order valence-corrected chi connectivity index (χ4v) is 6.52. The first-order chi connectivity index (χ1) is 9.45. The summed E-state index contributed by atoms with van der Waals surface area (Å²) in [4.78, 5) is 1.31. The topological polar surface area (TPSA) is 49.4 Å². The molecule has 1 atom stereocenters. The third-order valence-electron chi connectivity index (χ3n) is 3.62. The van der Waals surface area contributed by atoms with Crippen LogP contribution in [-0.2, 0) is 10.0 Å². The molecule has 4 nitrogen and oxygen atoms in total. The van der Waals surface area contributed by atoms with Crippen LogP contribution in [0.25, 0.3) is 0 Å². The lowest BCUT2D eigenvalue weighted by molar-refractivity contribution is 0.261. The first kappa shape index (κ1) is 16.4. The quantitative estimate of drug-likeness (QED) is 0.853. The number of hydrogen-bond donors (Lipinski definition) is 1. The Labute approximate surface area is 133 Å². The molecule has 1 saturated heterocycles. The Morgan fingerprint density at radius 2 is 2.30 bits per heavy atom. The van der Waals surface area contributed by atoms with Gasteiger partial charge in [0.1, 0.15) is 0 Å². The van der Waals surface area contributed by atoms with Crippen LogP contribution in [-0.4, -0.2) is 38.9 Å². The lowest BCUT2D eigenvalue weighted by Crippen LogP contribution is -2.42. The van der Waals surface area contributed by atoms with Crippen LogP contribution >= 0.6 is 27.3 Å². The molecule has 0 spiro atoms. The van der Waals surface area contributed by atoms with Gasteiger partial charge in [-0.1, -0.05) is 6.92 Å². The predicted octanol–water partition coefficient (Wildman–Crippen LogP) is 2.83. The number of aryl methyl sites for hydroxylation is 1. The average Bonchev–Trinajstić information content (AvgIpc) is 2.76. The first-order valence-corrected chi connectivity index (χ1v) is 9.97. The van der Waals surface area contributed by atoms with Crippen LogP contribution in [0.2, 0.25) is 0 Å². The molecule has 1 unspecified atom stereocenters. The average molecular weight is 381 g/mol. The smallest absolute Gasteiger partial charge is 0.244 e. The highest BCUT2D eigenvalue weighted by molar-refractivity contribution is 9.11. The molecule has 0 radical (unpaired) electrons. The Morgan fingerprint density at radius 1 is 1.55 bits per heavy atom. The van der Waals surface area contributed by atoms with Crippen molar-refractivity contribution in [3.63, 3.8) is 0 Å². The first-order valence-electron chi connectivity index (χ1n) is 6.92. The summed E-state index contributed by atoms with van der Waals surface area (Å²) in [6.45, 7) is 7.03. The van der Waals surface area contributed by atoms with Crippen molar-refractivity contribution in [3.8, 4) is 0 Å². The standard InChI is InChI=1S/C13H21BrN2O2S2/c1-3-15-8-11-5-4-6-16(9-11)20(17,18)12-7-13(14)19-10(12)2/h7,11,15H,3-6,8-9H2,1-2H3. The summed E-state index contributed by atoms with van der Waals surface area (Å²) in [5, 5.41) is 3.32. The van der Waals surface area contributed by atoms with Crippen molar-refractivity contribution in [3.05, 3.63) is 14.7 Å². The molecule has 1 N–H and O–H groups in total. The minimum atomic E-state index is -3.34. The molecule has 0 aliphatic carbocycles. The molecule has 0 bridgehead atoms. The molecule has 114 valence electrons. The second kappa shape index (κ2) is 6.87. The number of piperidine rings is 1. The number of nitrogens with one attached hydrogen (secondary N) is 1. The zero-order valence-electron chi connectivity index (χ0n) is 11.9. The van der Waals surface area contributed by atoms with Gasteiger partial charge in [-0.15, -0.1) is 11.3 Å². The van der Waals surface area contributed by atoms with Crippen LogP contribution in [0.3, 0.4) is 0 Å². The molecule has 2 rings (SSSR count). The van der Waals surface area contributed by atoms with Crippen molar-refractivity contribution < 1.29 is 8.42 Å². The van der Waals surface area contributed by atoms with Gasteiger partial charge in [-0.25, -0.2) is 8.42 Å². The predicted molar refractivity (Wildman–Crippen MR) is 86.8 cm³/mol. The molecule has 0 aromatic carbocycles. The zero-order chi connectivity index (χ0) is 14.8. The number of hydrogen-bond acceptors (Lipinski definition) is 4. The second-order valence-corrected chi connectivity index (χ2v) is 9.69. The Morgan fingerprint density at radius 3 is 2.90 bits per heavy atom. The minimum absolute atomic E-state index is 0.417. The fourth-order valence-electron chi connectivity index (χ4n) is 2.59. The molecule has 1 aliphatic rings. The highest BCUT2D eigenvalue weighted by Crippen LogP contribution is 2.33. The largest absolute Gasteiger partial charge is 0.317 e. The van der Waals surface area contributed by atoms with Crippen LogP contribution in [0, 0.1) is 12.8 Å².